The number of benzene rings is 1. The molecule has 1 aromatic carbocycles. The molecule has 0 bridgehead atoms. The van der Waals surface area contributed by atoms with Crippen LogP contribution >= 0.6 is 23.2 Å². The highest BCUT2D eigenvalue weighted by Gasteiger charge is 2.18. The summed E-state index contributed by atoms with van der Waals surface area (Å²) in [6, 6.07) is 4.21. The van der Waals surface area contributed by atoms with E-state index in [9.17, 15) is 13.9 Å². The van der Waals surface area contributed by atoms with Crippen molar-refractivity contribution in [2.24, 2.45) is 0 Å². The molecule has 0 fully saturated rings. The van der Waals surface area contributed by atoms with Crippen molar-refractivity contribution in [1.29, 1.82) is 0 Å². The smallest absolute Gasteiger partial charge is 0.387 e. The third-order valence-corrected chi connectivity index (χ3v) is 4.11. The summed E-state index contributed by atoms with van der Waals surface area (Å²) >= 11 is 12.1. The second kappa shape index (κ2) is 9.87. The molecule has 0 aliphatic rings. The highest BCUT2D eigenvalue weighted by Crippen LogP contribution is 2.34. The molecule has 1 atom stereocenters. The van der Waals surface area contributed by atoms with E-state index in [4.69, 9.17) is 32.7 Å². The first-order chi connectivity index (χ1) is 12.4. The Labute approximate surface area is 159 Å². The number of nitrogens with zero attached hydrogens (tertiary/aromatic N) is 1. The lowest BCUT2D eigenvalue weighted by Gasteiger charge is -2.17. The predicted octanol–water partition coefficient (Wildman–Crippen LogP) is 4.29. The van der Waals surface area contributed by atoms with Gasteiger partial charge < -0.3 is 19.3 Å². The number of hydrogen-bond donors (Lipinski definition) is 1. The summed E-state index contributed by atoms with van der Waals surface area (Å²) in [6.45, 7) is -2.59. The van der Waals surface area contributed by atoms with Gasteiger partial charge in [0.15, 0.2) is 11.5 Å². The van der Waals surface area contributed by atoms with Gasteiger partial charge in [0.25, 0.3) is 0 Å². The molecular weight excluding hydrogens is 391 g/mol. The van der Waals surface area contributed by atoms with Crippen molar-refractivity contribution in [3.8, 4) is 11.5 Å². The Morgan fingerprint density at radius 1 is 1.12 bits per heavy atom. The SMILES string of the molecule is COCCOc1cc([C@@H](O)Cc2c(Cl)cncc2Cl)ccc1OC(F)F. The molecular formula is C17H17Cl2F2NO4. The minimum atomic E-state index is -3.00. The van der Waals surface area contributed by atoms with Crippen LogP contribution in [0, 0.1) is 0 Å². The van der Waals surface area contributed by atoms with Gasteiger partial charge in [0.1, 0.15) is 6.61 Å². The molecule has 0 saturated heterocycles. The van der Waals surface area contributed by atoms with Gasteiger partial charge in [-0.2, -0.15) is 8.78 Å². The van der Waals surface area contributed by atoms with Crippen LogP contribution in [0.15, 0.2) is 30.6 Å². The summed E-state index contributed by atoms with van der Waals surface area (Å²) < 4.78 is 39.8. The Kier molecular flexibility index (Phi) is 7.84. The van der Waals surface area contributed by atoms with Crippen molar-refractivity contribution >= 4 is 23.2 Å². The molecule has 2 rings (SSSR count). The normalized spacial score (nSPS) is 12.3. The highest BCUT2D eigenvalue weighted by molar-refractivity contribution is 6.35. The van der Waals surface area contributed by atoms with Crippen molar-refractivity contribution in [3.63, 3.8) is 0 Å². The predicted molar refractivity (Wildman–Crippen MR) is 93.4 cm³/mol. The van der Waals surface area contributed by atoms with E-state index in [1.54, 1.807) is 0 Å². The Bertz CT molecular complexity index is 714. The maximum absolute atomic E-state index is 12.5. The molecule has 142 valence electrons. The van der Waals surface area contributed by atoms with Crippen LogP contribution in [0.4, 0.5) is 8.78 Å². The van der Waals surface area contributed by atoms with Gasteiger partial charge in [-0.3, -0.25) is 4.98 Å². The van der Waals surface area contributed by atoms with Crippen LogP contribution in [0.3, 0.4) is 0 Å². The number of aliphatic hydroxyl groups excluding tert-OH is 1. The van der Waals surface area contributed by atoms with Crippen molar-refractivity contribution < 1.29 is 28.1 Å². The molecule has 0 saturated carbocycles. The Hall–Kier alpha value is -1.67. The number of aliphatic hydroxyl groups is 1. The summed E-state index contributed by atoms with van der Waals surface area (Å²) in [5.74, 6) is -0.0575. The minimum absolute atomic E-state index is 0.0748. The maximum atomic E-state index is 12.5. The number of rotatable bonds is 9. The summed E-state index contributed by atoms with van der Waals surface area (Å²) in [6.07, 6.45) is 1.98. The lowest BCUT2D eigenvalue weighted by molar-refractivity contribution is -0.0517. The minimum Gasteiger partial charge on any atom is -0.487 e. The quantitative estimate of drug-likeness (QED) is 0.628. The molecule has 9 heteroatoms. The third kappa shape index (κ3) is 5.67. The van der Waals surface area contributed by atoms with Crippen LogP contribution < -0.4 is 9.47 Å². The van der Waals surface area contributed by atoms with Gasteiger partial charge in [-0.05, 0) is 23.3 Å². The topological polar surface area (TPSA) is 60.8 Å². The van der Waals surface area contributed by atoms with Crippen LogP contribution in [-0.2, 0) is 11.2 Å². The van der Waals surface area contributed by atoms with Gasteiger partial charge in [-0.15, -0.1) is 0 Å². The number of halogens is 4. The van der Waals surface area contributed by atoms with Gasteiger partial charge in [0.05, 0.1) is 22.8 Å². The van der Waals surface area contributed by atoms with Crippen molar-refractivity contribution in [2.45, 2.75) is 19.1 Å². The van der Waals surface area contributed by atoms with E-state index in [1.807, 2.05) is 0 Å². The molecule has 2 aromatic rings. The van der Waals surface area contributed by atoms with Crippen LogP contribution in [0.5, 0.6) is 11.5 Å². The van der Waals surface area contributed by atoms with Gasteiger partial charge >= 0.3 is 6.61 Å². The molecule has 1 N–H and O–H groups in total. The average Bonchev–Trinajstić information content (AvgIpc) is 2.59. The van der Waals surface area contributed by atoms with Crippen molar-refractivity contribution in [3.05, 3.63) is 51.8 Å². The van der Waals surface area contributed by atoms with E-state index >= 15 is 0 Å². The first-order valence-corrected chi connectivity index (χ1v) is 8.34. The second-order valence-corrected chi connectivity index (χ2v) is 6.04. The first-order valence-electron chi connectivity index (χ1n) is 7.58. The molecule has 0 aliphatic heterocycles. The average molecular weight is 408 g/mol. The molecule has 0 amide bonds. The highest BCUT2D eigenvalue weighted by atomic mass is 35.5. The number of ether oxygens (including phenoxy) is 3. The first kappa shape index (κ1) is 20.6. The Morgan fingerprint density at radius 3 is 2.42 bits per heavy atom. The number of aromatic nitrogens is 1. The Morgan fingerprint density at radius 2 is 1.81 bits per heavy atom. The third-order valence-electron chi connectivity index (χ3n) is 3.46. The molecule has 0 unspecified atom stereocenters. The molecule has 1 heterocycles. The summed E-state index contributed by atoms with van der Waals surface area (Å²) in [4.78, 5) is 3.85. The number of alkyl halides is 2. The zero-order valence-corrected chi connectivity index (χ0v) is 15.3. The fraction of sp³-hybridized carbons (Fsp3) is 0.353. The largest absolute Gasteiger partial charge is 0.487 e. The zero-order valence-electron chi connectivity index (χ0n) is 13.8. The molecule has 1 aromatic heterocycles. The monoisotopic (exact) mass is 407 g/mol. The summed E-state index contributed by atoms with van der Waals surface area (Å²) in [7, 11) is 1.49. The summed E-state index contributed by atoms with van der Waals surface area (Å²) in [5, 5.41) is 11.1. The van der Waals surface area contributed by atoms with Gasteiger partial charge in [0, 0.05) is 25.9 Å². The van der Waals surface area contributed by atoms with E-state index < -0.39 is 12.7 Å². The van der Waals surface area contributed by atoms with Gasteiger partial charge in [0.2, 0.25) is 0 Å². The van der Waals surface area contributed by atoms with Crippen LogP contribution in [-0.4, -0.2) is 37.0 Å². The standard InChI is InChI=1S/C17H17Cl2F2NO4/c1-24-4-5-25-16-6-10(2-3-15(16)26-17(20)21)14(23)7-11-12(18)8-22-9-13(11)19/h2-3,6,8-9,14,17,23H,4-5,7H2,1H3/t14-/m0/s1. The molecule has 0 radical (unpaired) electrons. The molecule has 5 nitrogen and oxygen atoms in total. The molecule has 26 heavy (non-hydrogen) atoms. The molecule has 0 spiro atoms. The zero-order chi connectivity index (χ0) is 19.1. The number of hydrogen-bond acceptors (Lipinski definition) is 5. The summed E-state index contributed by atoms with van der Waals surface area (Å²) in [5.41, 5.74) is 0.966. The molecule has 0 aliphatic carbocycles. The fourth-order valence-corrected chi connectivity index (χ4v) is 2.74. The van der Waals surface area contributed by atoms with Crippen LogP contribution in [0.1, 0.15) is 17.2 Å². The van der Waals surface area contributed by atoms with E-state index in [0.717, 1.165) is 0 Å². The van der Waals surface area contributed by atoms with Gasteiger partial charge in [-0.25, -0.2) is 0 Å². The van der Waals surface area contributed by atoms with E-state index in [0.29, 0.717) is 21.2 Å². The second-order valence-electron chi connectivity index (χ2n) is 5.23. The van der Waals surface area contributed by atoms with E-state index in [2.05, 4.69) is 9.72 Å². The van der Waals surface area contributed by atoms with E-state index in [1.165, 1.54) is 37.7 Å². The van der Waals surface area contributed by atoms with Crippen molar-refractivity contribution in [2.75, 3.05) is 20.3 Å². The number of pyridine rings is 1. The van der Waals surface area contributed by atoms with E-state index in [-0.39, 0.29) is 31.1 Å². The van der Waals surface area contributed by atoms with Crippen molar-refractivity contribution in [1.82, 2.24) is 4.98 Å². The van der Waals surface area contributed by atoms with Crippen LogP contribution in [0.25, 0.3) is 0 Å². The van der Waals surface area contributed by atoms with Gasteiger partial charge in [-0.1, -0.05) is 29.3 Å². The lowest BCUT2D eigenvalue weighted by atomic mass is 10.0. The number of methoxy groups -OCH3 is 1. The maximum Gasteiger partial charge on any atom is 0.387 e. The fourth-order valence-electron chi connectivity index (χ4n) is 2.22. The Balaban J connectivity index is 2.23. The van der Waals surface area contributed by atoms with Crippen LogP contribution in [0.2, 0.25) is 10.0 Å². The lowest BCUT2D eigenvalue weighted by Crippen LogP contribution is -2.10.